The lowest BCUT2D eigenvalue weighted by Crippen LogP contribution is -1.99. The average Bonchev–Trinajstić information content (AvgIpc) is 3.11. The zero-order valence-corrected chi connectivity index (χ0v) is 12.7. The predicted molar refractivity (Wildman–Crippen MR) is 84.8 cm³/mol. The highest BCUT2D eigenvalue weighted by Gasteiger charge is 2.14. The normalized spacial score (nSPS) is 11.2. The maximum atomic E-state index is 9.13. The van der Waals surface area contributed by atoms with Crippen molar-refractivity contribution in [1.29, 1.82) is 5.26 Å². The summed E-state index contributed by atoms with van der Waals surface area (Å²) in [6.07, 6.45) is 2.35. The van der Waals surface area contributed by atoms with E-state index in [1.54, 1.807) is 12.3 Å². The Morgan fingerprint density at radius 3 is 2.87 bits per heavy atom. The van der Waals surface area contributed by atoms with Crippen LogP contribution in [0.3, 0.4) is 0 Å². The lowest BCUT2D eigenvalue weighted by atomic mass is 10.1. The molecule has 0 radical (unpaired) electrons. The second-order valence-electron chi connectivity index (χ2n) is 5.53. The Morgan fingerprint density at radius 1 is 1.26 bits per heavy atom. The highest BCUT2D eigenvalue weighted by atomic mass is 16.5. The molecule has 0 amide bonds. The molecule has 112 valence electrons. The van der Waals surface area contributed by atoms with E-state index in [9.17, 15) is 0 Å². The van der Waals surface area contributed by atoms with Crippen molar-refractivity contribution in [2.75, 3.05) is 0 Å². The van der Waals surface area contributed by atoms with Crippen LogP contribution in [-0.4, -0.2) is 19.7 Å². The standard InChI is InChI=1S/C17H13N5O/c1-10-5-12(21-23-10)7-16-20-15-9-19-14-4-3-11(8-18)6-13(14)17(15)22(16)2/h3-6,9H,7H2,1-2H3. The van der Waals surface area contributed by atoms with E-state index >= 15 is 0 Å². The molecule has 0 aliphatic carbocycles. The monoisotopic (exact) mass is 303 g/mol. The zero-order chi connectivity index (χ0) is 16.0. The number of nitriles is 1. The van der Waals surface area contributed by atoms with Gasteiger partial charge in [0, 0.05) is 18.5 Å². The fourth-order valence-electron chi connectivity index (χ4n) is 2.84. The van der Waals surface area contributed by atoms with Gasteiger partial charge in [0.05, 0.1) is 41.0 Å². The molecule has 0 aliphatic heterocycles. The number of nitrogens with zero attached hydrogens (tertiary/aromatic N) is 5. The number of imidazole rings is 1. The van der Waals surface area contributed by atoms with E-state index < -0.39 is 0 Å². The van der Waals surface area contributed by atoms with Crippen LogP contribution in [0.5, 0.6) is 0 Å². The van der Waals surface area contributed by atoms with Crippen molar-refractivity contribution in [3.8, 4) is 6.07 Å². The first kappa shape index (κ1) is 13.5. The molecule has 0 fully saturated rings. The lowest BCUT2D eigenvalue weighted by Gasteiger charge is -2.03. The molecule has 1 aromatic carbocycles. The molecule has 4 rings (SSSR count). The Kier molecular flexibility index (Phi) is 2.88. The van der Waals surface area contributed by atoms with Crippen molar-refractivity contribution in [3.05, 3.63) is 53.3 Å². The highest BCUT2D eigenvalue weighted by Crippen LogP contribution is 2.25. The number of benzene rings is 1. The van der Waals surface area contributed by atoms with Crippen LogP contribution < -0.4 is 0 Å². The van der Waals surface area contributed by atoms with Gasteiger partial charge < -0.3 is 9.09 Å². The van der Waals surface area contributed by atoms with Crippen molar-refractivity contribution >= 4 is 21.9 Å². The van der Waals surface area contributed by atoms with Gasteiger partial charge in [-0.25, -0.2) is 4.98 Å². The van der Waals surface area contributed by atoms with Gasteiger partial charge in [0.2, 0.25) is 0 Å². The first-order chi connectivity index (χ1) is 11.2. The number of aromatic nitrogens is 4. The molecule has 3 aromatic heterocycles. The first-order valence-corrected chi connectivity index (χ1v) is 7.22. The largest absolute Gasteiger partial charge is 0.361 e. The van der Waals surface area contributed by atoms with E-state index in [4.69, 9.17) is 9.78 Å². The van der Waals surface area contributed by atoms with Crippen molar-refractivity contribution < 1.29 is 4.52 Å². The van der Waals surface area contributed by atoms with Crippen LogP contribution in [0.4, 0.5) is 0 Å². The fourth-order valence-corrected chi connectivity index (χ4v) is 2.84. The summed E-state index contributed by atoms with van der Waals surface area (Å²) < 4.78 is 7.15. The maximum Gasteiger partial charge on any atom is 0.133 e. The van der Waals surface area contributed by atoms with Gasteiger partial charge in [-0.15, -0.1) is 0 Å². The minimum Gasteiger partial charge on any atom is -0.361 e. The molecule has 0 saturated heterocycles. The molecule has 0 saturated carbocycles. The number of hydrogen-bond acceptors (Lipinski definition) is 5. The van der Waals surface area contributed by atoms with Crippen LogP contribution in [-0.2, 0) is 13.5 Å². The predicted octanol–water partition coefficient (Wildman–Crippen LogP) is 2.88. The third-order valence-corrected chi connectivity index (χ3v) is 3.94. The van der Waals surface area contributed by atoms with Crippen molar-refractivity contribution in [2.45, 2.75) is 13.3 Å². The van der Waals surface area contributed by atoms with Crippen LogP contribution in [0.2, 0.25) is 0 Å². The van der Waals surface area contributed by atoms with Gasteiger partial charge in [-0.2, -0.15) is 5.26 Å². The van der Waals surface area contributed by atoms with Gasteiger partial charge in [0.25, 0.3) is 0 Å². The summed E-state index contributed by atoms with van der Waals surface area (Å²) in [5, 5.41) is 14.1. The maximum absolute atomic E-state index is 9.13. The molecule has 0 atom stereocenters. The second-order valence-corrected chi connectivity index (χ2v) is 5.53. The van der Waals surface area contributed by atoms with Crippen molar-refractivity contribution in [3.63, 3.8) is 0 Å². The Labute approximate surface area is 132 Å². The SMILES string of the molecule is Cc1cc(Cc2nc3cnc4ccc(C#N)cc4c3n2C)no1. The first-order valence-electron chi connectivity index (χ1n) is 7.22. The molecule has 0 aliphatic rings. The third kappa shape index (κ3) is 2.14. The van der Waals surface area contributed by atoms with Crippen LogP contribution in [0.1, 0.15) is 22.8 Å². The van der Waals surface area contributed by atoms with E-state index in [1.165, 1.54) is 0 Å². The highest BCUT2D eigenvalue weighted by molar-refractivity contribution is 6.02. The molecule has 4 aromatic rings. The molecule has 0 N–H and O–H groups in total. The molecule has 0 bridgehead atoms. The van der Waals surface area contributed by atoms with Crippen LogP contribution in [0.15, 0.2) is 35.0 Å². The van der Waals surface area contributed by atoms with Crippen molar-refractivity contribution in [2.24, 2.45) is 7.05 Å². The van der Waals surface area contributed by atoms with Crippen LogP contribution >= 0.6 is 0 Å². The van der Waals surface area contributed by atoms with E-state index in [2.05, 4.69) is 21.2 Å². The summed E-state index contributed by atoms with van der Waals surface area (Å²) in [7, 11) is 1.97. The Bertz CT molecular complexity index is 1080. The minimum atomic E-state index is 0.585. The smallest absolute Gasteiger partial charge is 0.133 e. The second kappa shape index (κ2) is 4.92. The molecular formula is C17H13N5O. The average molecular weight is 303 g/mol. The zero-order valence-electron chi connectivity index (χ0n) is 12.7. The quantitative estimate of drug-likeness (QED) is 0.569. The molecule has 3 heterocycles. The van der Waals surface area contributed by atoms with Gasteiger partial charge in [0.1, 0.15) is 17.1 Å². The molecule has 6 nitrogen and oxygen atoms in total. The van der Waals surface area contributed by atoms with E-state index in [0.717, 1.165) is 39.2 Å². The van der Waals surface area contributed by atoms with Gasteiger partial charge in [-0.1, -0.05) is 5.16 Å². The lowest BCUT2D eigenvalue weighted by molar-refractivity contribution is 0.391. The summed E-state index contributed by atoms with van der Waals surface area (Å²) in [5.74, 6) is 1.66. The van der Waals surface area contributed by atoms with E-state index in [-0.39, 0.29) is 0 Å². The molecule has 23 heavy (non-hydrogen) atoms. The number of aryl methyl sites for hydroxylation is 2. The van der Waals surface area contributed by atoms with Gasteiger partial charge in [0.15, 0.2) is 0 Å². The fraction of sp³-hybridized carbons (Fsp3) is 0.176. The number of hydrogen-bond donors (Lipinski definition) is 0. The number of fused-ring (bicyclic) bond motifs is 3. The Balaban J connectivity index is 1.93. The number of rotatable bonds is 2. The van der Waals surface area contributed by atoms with Crippen LogP contribution in [0.25, 0.3) is 21.9 Å². The summed E-state index contributed by atoms with van der Waals surface area (Å²) >= 11 is 0. The summed E-state index contributed by atoms with van der Waals surface area (Å²) in [4.78, 5) is 9.09. The summed E-state index contributed by atoms with van der Waals surface area (Å²) in [5.41, 5.74) is 4.09. The van der Waals surface area contributed by atoms with E-state index in [0.29, 0.717) is 12.0 Å². The Hall–Kier alpha value is -3.20. The van der Waals surface area contributed by atoms with Crippen molar-refractivity contribution in [1.82, 2.24) is 19.7 Å². The molecule has 0 unspecified atom stereocenters. The minimum absolute atomic E-state index is 0.585. The molecule has 0 spiro atoms. The van der Waals surface area contributed by atoms with E-state index in [1.807, 2.05) is 36.7 Å². The molecule has 6 heteroatoms. The summed E-state index contributed by atoms with van der Waals surface area (Å²) in [6, 6.07) is 9.57. The topological polar surface area (TPSA) is 80.5 Å². The number of pyridine rings is 1. The molecular weight excluding hydrogens is 290 g/mol. The van der Waals surface area contributed by atoms with Gasteiger partial charge in [-0.3, -0.25) is 4.98 Å². The van der Waals surface area contributed by atoms with Gasteiger partial charge >= 0.3 is 0 Å². The third-order valence-electron chi connectivity index (χ3n) is 3.94. The Morgan fingerprint density at radius 2 is 2.13 bits per heavy atom. The van der Waals surface area contributed by atoms with Gasteiger partial charge in [-0.05, 0) is 25.1 Å². The summed E-state index contributed by atoms with van der Waals surface area (Å²) in [6.45, 7) is 1.87. The van der Waals surface area contributed by atoms with Crippen LogP contribution in [0, 0.1) is 18.3 Å².